The Morgan fingerprint density at radius 2 is 1.67 bits per heavy atom. The fourth-order valence-corrected chi connectivity index (χ4v) is 7.34. The van der Waals surface area contributed by atoms with Gasteiger partial charge in [0.1, 0.15) is 0 Å². The predicted molar refractivity (Wildman–Crippen MR) is 157 cm³/mol. The minimum Gasteiger partial charge on any atom is -0.478 e. The van der Waals surface area contributed by atoms with Crippen LogP contribution < -0.4 is 0 Å². The smallest absolute Gasteiger partial charge is 0.335 e. The molecule has 1 amide bonds. The van der Waals surface area contributed by atoms with Crippen LogP contribution in [0, 0.1) is 0 Å². The van der Waals surface area contributed by atoms with Crippen LogP contribution in [0.5, 0.6) is 0 Å². The van der Waals surface area contributed by atoms with Crippen molar-refractivity contribution in [3.8, 4) is 11.3 Å². The van der Waals surface area contributed by atoms with Gasteiger partial charge >= 0.3 is 5.97 Å². The van der Waals surface area contributed by atoms with Crippen molar-refractivity contribution in [2.75, 3.05) is 0 Å². The number of carboxylic acid groups (broad SMARTS) is 1. The Morgan fingerprint density at radius 3 is 2.36 bits per heavy atom. The van der Waals surface area contributed by atoms with Crippen molar-refractivity contribution in [2.24, 2.45) is 0 Å². The molecule has 1 aliphatic carbocycles. The summed E-state index contributed by atoms with van der Waals surface area (Å²) < 4.78 is 4.68. The van der Waals surface area contributed by atoms with Gasteiger partial charge in [0.15, 0.2) is 0 Å². The van der Waals surface area contributed by atoms with E-state index in [1.165, 1.54) is 35.9 Å². The van der Waals surface area contributed by atoms with E-state index in [2.05, 4.69) is 61.2 Å². The molecule has 3 heterocycles. The average molecular weight is 526 g/mol. The van der Waals surface area contributed by atoms with E-state index in [4.69, 9.17) is 0 Å². The number of nitrogens with zero attached hydrogens (tertiary/aromatic N) is 3. The second-order valence-electron chi connectivity index (χ2n) is 12.0. The highest BCUT2D eigenvalue weighted by atomic mass is 16.4. The predicted octanol–water partition coefficient (Wildman–Crippen LogP) is 7.67. The summed E-state index contributed by atoms with van der Waals surface area (Å²) in [4.78, 5) is 27.8. The van der Waals surface area contributed by atoms with Gasteiger partial charge in [-0.15, -0.1) is 0 Å². The minimum atomic E-state index is -0.892. The van der Waals surface area contributed by atoms with Crippen LogP contribution in [0.4, 0.5) is 0 Å². The number of rotatable bonds is 5. The first-order chi connectivity index (χ1) is 18.8. The maximum Gasteiger partial charge on any atom is 0.335 e. The van der Waals surface area contributed by atoms with Gasteiger partial charge in [0.05, 0.1) is 22.3 Å². The Labute approximate surface area is 230 Å². The number of carbonyl (C=O) groups is 2. The first-order valence-electron chi connectivity index (χ1n) is 14.6. The molecule has 1 saturated carbocycles. The number of carbonyl (C=O) groups excluding carboxylic acids is 1. The molecule has 6 nitrogen and oxygen atoms in total. The molecule has 0 bridgehead atoms. The standard InChI is InChI=1S/C33H39N3O3/c1-20(2)36(21(3)4)32(37)27-19-34-16-9-17-35-28-18-23(33(38)39)14-15-25(28)29(22-10-6-5-7-11-22)31(35)26-13-8-12-24(27)30(26)34/h8,12-15,18-22H,5-7,9-11,16-17H2,1-4H3,(H,38,39). The SMILES string of the molecule is CC(C)N(C(=O)c1cn2c3c(cccc13)-c1c(C3CCCCC3)c3ccc(C(=O)O)cc3n1CCC2)C(C)C. The Kier molecular flexibility index (Phi) is 6.52. The lowest BCUT2D eigenvalue weighted by Crippen LogP contribution is -2.42. The molecule has 0 spiro atoms. The maximum absolute atomic E-state index is 13.9. The van der Waals surface area contributed by atoms with Gasteiger partial charge in [0.25, 0.3) is 5.91 Å². The molecule has 2 aromatic heterocycles. The monoisotopic (exact) mass is 525 g/mol. The summed E-state index contributed by atoms with van der Waals surface area (Å²) in [7, 11) is 0. The van der Waals surface area contributed by atoms with Gasteiger partial charge in [0.2, 0.25) is 0 Å². The van der Waals surface area contributed by atoms with Crippen molar-refractivity contribution in [3.05, 3.63) is 59.3 Å². The molecule has 6 heteroatoms. The van der Waals surface area contributed by atoms with Crippen LogP contribution in [0.3, 0.4) is 0 Å². The number of carboxylic acids is 1. The van der Waals surface area contributed by atoms with Crippen molar-refractivity contribution in [3.63, 3.8) is 0 Å². The molecule has 1 N–H and O–H groups in total. The maximum atomic E-state index is 13.9. The highest BCUT2D eigenvalue weighted by Gasteiger charge is 2.31. The van der Waals surface area contributed by atoms with Gasteiger partial charge in [-0.1, -0.05) is 43.5 Å². The van der Waals surface area contributed by atoms with Crippen LogP contribution in [0.2, 0.25) is 0 Å². The summed E-state index contributed by atoms with van der Waals surface area (Å²) in [6.45, 7) is 9.94. The van der Waals surface area contributed by atoms with E-state index in [0.717, 1.165) is 59.9 Å². The third kappa shape index (κ3) is 4.16. The van der Waals surface area contributed by atoms with E-state index in [1.807, 2.05) is 17.0 Å². The van der Waals surface area contributed by atoms with Crippen LogP contribution in [0.25, 0.3) is 33.1 Å². The highest BCUT2D eigenvalue weighted by Crippen LogP contribution is 2.47. The fraction of sp³-hybridized carbons (Fsp3) is 0.455. The lowest BCUT2D eigenvalue weighted by Gasteiger charge is -2.30. The van der Waals surface area contributed by atoms with Gasteiger partial charge in [-0.25, -0.2) is 4.79 Å². The number of aromatic carboxylic acids is 1. The number of amides is 1. The first-order valence-corrected chi connectivity index (χ1v) is 14.6. The van der Waals surface area contributed by atoms with E-state index < -0.39 is 5.97 Å². The second-order valence-corrected chi connectivity index (χ2v) is 12.0. The molecule has 0 radical (unpaired) electrons. The van der Waals surface area contributed by atoms with Crippen LogP contribution in [0.15, 0.2) is 42.6 Å². The Hall–Kier alpha value is -3.54. The molecule has 2 aliphatic rings. The molecular weight excluding hydrogens is 486 g/mol. The number of hydrogen-bond donors (Lipinski definition) is 1. The van der Waals surface area contributed by atoms with Gasteiger partial charge < -0.3 is 19.1 Å². The van der Waals surface area contributed by atoms with Crippen LogP contribution >= 0.6 is 0 Å². The van der Waals surface area contributed by atoms with Crippen molar-refractivity contribution in [1.82, 2.24) is 14.0 Å². The molecule has 0 saturated heterocycles. The molecule has 39 heavy (non-hydrogen) atoms. The number of para-hydroxylation sites is 1. The molecule has 4 aromatic rings. The zero-order valence-electron chi connectivity index (χ0n) is 23.5. The number of benzene rings is 2. The third-order valence-corrected chi connectivity index (χ3v) is 8.88. The molecular formula is C33H39N3O3. The molecule has 204 valence electrons. The normalized spacial score (nSPS) is 16.1. The van der Waals surface area contributed by atoms with Crippen molar-refractivity contribution in [2.45, 2.75) is 97.3 Å². The lowest BCUT2D eigenvalue weighted by atomic mass is 9.81. The van der Waals surface area contributed by atoms with E-state index in [9.17, 15) is 14.7 Å². The van der Waals surface area contributed by atoms with Crippen LogP contribution in [0.1, 0.15) is 98.4 Å². The Bertz CT molecular complexity index is 1580. The summed E-state index contributed by atoms with van der Waals surface area (Å²) in [5, 5.41) is 12.0. The number of hydrogen-bond acceptors (Lipinski definition) is 2. The molecule has 1 fully saturated rings. The van der Waals surface area contributed by atoms with Crippen LogP contribution in [-0.2, 0) is 13.1 Å². The number of aromatic nitrogens is 2. The summed E-state index contributed by atoms with van der Waals surface area (Å²) >= 11 is 0. The number of fused-ring (bicyclic) bond motifs is 4. The van der Waals surface area contributed by atoms with Gasteiger partial charge in [-0.3, -0.25) is 4.79 Å². The molecule has 0 atom stereocenters. The Morgan fingerprint density at radius 1 is 0.923 bits per heavy atom. The zero-order valence-corrected chi connectivity index (χ0v) is 23.5. The largest absolute Gasteiger partial charge is 0.478 e. The molecule has 0 unspecified atom stereocenters. The minimum absolute atomic E-state index is 0.0827. The van der Waals surface area contributed by atoms with Crippen molar-refractivity contribution >= 4 is 33.7 Å². The van der Waals surface area contributed by atoms with E-state index >= 15 is 0 Å². The van der Waals surface area contributed by atoms with Crippen molar-refractivity contribution in [1.29, 1.82) is 0 Å². The van der Waals surface area contributed by atoms with E-state index in [1.54, 1.807) is 6.07 Å². The summed E-state index contributed by atoms with van der Waals surface area (Å²) in [6.07, 6.45) is 9.03. The fourth-order valence-electron chi connectivity index (χ4n) is 7.34. The van der Waals surface area contributed by atoms with E-state index in [-0.39, 0.29) is 18.0 Å². The summed E-state index contributed by atoms with van der Waals surface area (Å²) in [5.74, 6) is -0.361. The highest BCUT2D eigenvalue weighted by molar-refractivity contribution is 6.11. The Balaban J connectivity index is 1.64. The summed E-state index contributed by atoms with van der Waals surface area (Å²) in [6, 6.07) is 12.3. The summed E-state index contributed by atoms with van der Waals surface area (Å²) in [5.41, 5.74) is 6.97. The van der Waals surface area contributed by atoms with E-state index in [0.29, 0.717) is 11.5 Å². The topological polar surface area (TPSA) is 67.5 Å². The average Bonchev–Trinajstić information content (AvgIpc) is 3.43. The van der Waals surface area contributed by atoms with Crippen molar-refractivity contribution < 1.29 is 14.7 Å². The molecule has 2 aromatic carbocycles. The van der Waals surface area contributed by atoms with Crippen LogP contribution in [-0.4, -0.2) is 43.1 Å². The second kappa shape index (κ2) is 9.89. The van der Waals surface area contributed by atoms with Gasteiger partial charge in [0, 0.05) is 53.2 Å². The number of aryl methyl sites for hydroxylation is 2. The quantitative estimate of drug-likeness (QED) is 0.291. The third-order valence-electron chi connectivity index (χ3n) is 8.88. The van der Waals surface area contributed by atoms with Gasteiger partial charge in [-0.2, -0.15) is 0 Å². The first kappa shape index (κ1) is 25.7. The lowest BCUT2D eigenvalue weighted by molar-refractivity contribution is 0.0643. The molecule has 6 rings (SSSR count). The van der Waals surface area contributed by atoms with Gasteiger partial charge in [-0.05, 0) is 70.6 Å². The molecule has 1 aliphatic heterocycles. The zero-order chi connectivity index (χ0) is 27.4.